The number of nitrogens with zero attached hydrogens (tertiary/aromatic N) is 2. The monoisotopic (exact) mass is 213 g/mol. The Balaban J connectivity index is 2.06. The lowest BCUT2D eigenvalue weighted by Crippen LogP contribution is -2.11. The maximum atomic E-state index is 4.49. The van der Waals surface area contributed by atoms with Gasteiger partial charge in [0.1, 0.15) is 0 Å². The van der Waals surface area contributed by atoms with Crippen molar-refractivity contribution in [2.45, 2.75) is 19.4 Å². The van der Waals surface area contributed by atoms with Crippen LogP contribution in [0.1, 0.15) is 17.7 Å². The van der Waals surface area contributed by atoms with Crippen molar-refractivity contribution in [2.24, 2.45) is 0 Å². The minimum Gasteiger partial charge on any atom is -0.313 e. The third-order valence-electron chi connectivity index (χ3n) is 3.04. The quantitative estimate of drug-likeness (QED) is 0.784. The van der Waals surface area contributed by atoms with E-state index in [0.29, 0.717) is 0 Å². The van der Waals surface area contributed by atoms with Crippen molar-refractivity contribution in [3.05, 3.63) is 47.8 Å². The van der Waals surface area contributed by atoms with Gasteiger partial charge >= 0.3 is 0 Å². The van der Waals surface area contributed by atoms with Crippen LogP contribution in [0.15, 0.2) is 36.5 Å². The number of nitrogens with one attached hydrogen (secondary N) is 1. The number of fused-ring (bicyclic) bond motifs is 1. The van der Waals surface area contributed by atoms with Gasteiger partial charge in [-0.25, -0.2) is 4.68 Å². The molecule has 0 saturated heterocycles. The van der Waals surface area contributed by atoms with Crippen LogP contribution in [-0.4, -0.2) is 16.3 Å². The van der Waals surface area contributed by atoms with E-state index in [1.807, 2.05) is 12.3 Å². The first-order chi connectivity index (χ1) is 7.95. The zero-order chi connectivity index (χ0) is 10.8. The first kappa shape index (κ1) is 9.60. The van der Waals surface area contributed by atoms with Crippen molar-refractivity contribution in [1.29, 1.82) is 0 Å². The Labute approximate surface area is 95.1 Å². The normalized spacial score (nSPS) is 15.5. The molecule has 0 aliphatic carbocycles. The molecular weight excluding hydrogens is 198 g/mol. The van der Waals surface area contributed by atoms with E-state index in [1.165, 1.54) is 17.7 Å². The van der Waals surface area contributed by atoms with E-state index in [9.17, 15) is 0 Å². The van der Waals surface area contributed by atoms with Gasteiger partial charge in [-0.05, 0) is 31.5 Å². The van der Waals surface area contributed by atoms with Gasteiger partial charge in [-0.2, -0.15) is 5.10 Å². The van der Waals surface area contributed by atoms with Crippen molar-refractivity contribution in [2.75, 3.05) is 6.54 Å². The molecule has 0 radical (unpaired) electrons. The minimum absolute atomic E-state index is 0.947. The van der Waals surface area contributed by atoms with E-state index in [2.05, 4.69) is 39.4 Å². The van der Waals surface area contributed by atoms with Gasteiger partial charge < -0.3 is 5.32 Å². The van der Waals surface area contributed by atoms with Crippen LogP contribution < -0.4 is 5.32 Å². The molecule has 0 saturated carbocycles. The highest BCUT2D eigenvalue weighted by atomic mass is 15.3. The summed E-state index contributed by atoms with van der Waals surface area (Å²) in [7, 11) is 0. The zero-order valence-corrected chi connectivity index (χ0v) is 9.19. The lowest BCUT2D eigenvalue weighted by Gasteiger charge is -2.06. The summed E-state index contributed by atoms with van der Waals surface area (Å²) in [6.07, 6.45) is 4.28. The summed E-state index contributed by atoms with van der Waals surface area (Å²) in [5.74, 6) is 0. The lowest BCUT2D eigenvalue weighted by molar-refractivity contribution is 0.669. The number of para-hydroxylation sites is 1. The molecule has 0 unspecified atom stereocenters. The minimum atomic E-state index is 0.947. The van der Waals surface area contributed by atoms with E-state index in [4.69, 9.17) is 0 Å². The molecule has 1 N–H and O–H groups in total. The summed E-state index contributed by atoms with van der Waals surface area (Å²) in [5, 5.41) is 7.90. The molecule has 82 valence electrons. The molecule has 2 aromatic rings. The summed E-state index contributed by atoms with van der Waals surface area (Å²) in [6.45, 7) is 2.05. The lowest BCUT2D eigenvalue weighted by atomic mass is 10.2. The second kappa shape index (κ2) is 4.10. The van der Waals surface area contributed by atoms with Gasteiger partial charge in [-0.1, -0.05) is 18.2 Å². The van der Waals surface area contributed by atoms with Gasteiger partial charge in [0.15, 0.2) is 0 Å². The standard InChI is InChI=1S/C13H15N3/c1-2-5-12(6-3-1)16-13-7-4-8-14-9-11(13)10-15-16/h1-3,5-6,10,14H,4,7-9H2. The Morgan fingerprint density at radius 1 is 1.19 bits per heavy atom. The number of aromatic nitrogens is 2. The average molecular weight is 213 g/mol. The van der Waals surface area contributed by atoms with Crippen molar-refractivity contribution in [3.8, 4) is 5.69 Å². The fourth-order valence-corrected chi connectivity index (χ4v) is 2.22. The predicted molar refractivity (Wildman–Crippen MR) is 63.6 cm³/mol. The first-order valence-corrected chi connectivity index (χ1v) is 5.77. The molecular formula is C13H15N3. The molecule has 3 rings (SSSR count). The number of hydrogen-bond donors (Lipinski definition) is 1. The fourth-order valence-electron chi connectivity index (χ4n) is 2.22. The summed E-state index contributed by atoms with van der Waals surface area (Å²) in [6, 6.07) is 10.3. The summed E-state index contributed by atoms with van der Waals surface area (Å²) in [4.78, 5) is 0. The van der Waals surface area contributed by atoms with E-state index in [0.717, 1.165) is 25.2 Å². The Bertz CT molecular complexity index is 473. The average Bonchev–Trinajstić information content (AvgIpc) is 2.60. The van der Waals surface area contributed by atoms with Crippen molar-refractivity contribution in [1.82, 2.24) is 15.1 Å². The molecule has 0 fully saturated rings. The largest absolute Gasteiger partial charge is 0.313 e. The molecule has 1 aromatic heterocycles. The number of rotatable bonds is 1. The van der Waals surface area contributed by atoms with Gasteiger partial charge in [0.2, 0.25) is 0 Å². The Morgan fingerprint density at radius 3 is 2.94 bits per heavy atom. The summed E-state index contributed by atoms with van der Waals surface area (Å²) >= 11 is 0. The zero-order valence-electron chi connectivity index (χ0n) is 9.19. The van der Waals surface area contributed by atoms with E-state index in [1.54, 1.807) is 0 Å². The van der Waals surface area contributed by atoms with Crippen molar-refractivity contribution < 1.29 is 0 Å². The fraction of sp³-hybridized carbons (Fsp3) is 0.308. The predicted octanol–water partition coefficient (Wildman–Crippen LogP) is 1.91. The third-order valence-corrected chi connectivity index (χ3v) is 3.04. The van der Waals surface area contributed by atoms with Crippen LogP contribution in [-0.2, 0) is 13.0 Å². The van der Waals surface area contributed by atoms with Crippen LogP contribution in [0, 0.1) is 0 Å². The molecule has 0 bridgehead atoms. The number of benzene rings is 1. The van der Waals surface area contributed by atoms with Crippen LogP contribution in [0.4, 0.5) is 0 Å². The Kier molecular flexibility index (Phi) is 2.46. The molecule has 3 nitrogen and oxygen atoms in total. The second-order valence-corrected chi connectivity index (χ2v) is 4.14. The van der Waals surface area contributed by atoms with Gasteiger partial charge in [0.05, 0.1) is 11.9 Å². The maximum absolute atomic E-state index is 4.49. The molecule has 0 amide bonds. The molecule has 1 aromatic carbocycles. The van der Waals surface area contributed by atoms with Crippen LogP contribution in [0.25, 0.3) is 5.69 Å². The van der Waals surface area contributed by atoms with E-state index < -0.39 is 0 Å². The van der Waals surface area contributed by atoms with Crippen LogP contribution in [0.2, 0.25) is 0 Å². The van der Waals surface area contributed by atoms with Crippen molar-refractivity contribution >= 4 is 0 Å². The Hall–Kier alpha value is -1.61. The second-order valence-electron chi connectivity index (χ2n) is 4.14. The SMILES string of the molecule is c1ccc(-n2ncc3c2CCCNC3)cc1. The highest BCUT2D eigenvalue weighted by Crippen LogP contribution is 2.18. The highest BCUT2D eigenvalue weighted by Gasteiger charge is 2.13. The van der Waals surface area contributed by atoms with Crippen molar-refractivity contribution in [3.63, 3.8) is 0 Å². The smallest absolute Gasteiger partial charge is 0.0648 e. The maximum Gasteiger partial charge on any atom is 0.0648 e. The molecule has 3 heteroatoms. The van der Waals surface area contributed by atoms with E-state index in [-0.39, 0.29) is 0 Å². The molecule has 0 spiro atoms. The molecule has 0 atom stereocenters. The Morgan fingerprint density at radius 2 is 2.06 bits per heavy atom. The van der Waals surface area contributed by atoms with Gasteiger partial charge in [-0.15, -0.1) is 0 Å². The van der Waals surface area contributed by atoms with Crippen LogP contribution >= 0.6 is 0 Å². The highest BCUT2D eigenvalue weighted by molar-refractivity contribution is 5.35. The van der Waals surface area contributed by atoms with Gasteiger partial charge in [0, 0.05) is 17.8 Å². The molecule has 2 heterocycles. The molecule has 1 aliphatic heterocycles. The van der Waals surface area contributed by atoms with Crippen LogP contribution in [0.3, 0.4) is 0 Å². The van der Waals surface area contributed by atoms with E-state index >= 15 is 0 Å². The van der Waals surface area contributed by atoms with Gasteiger partial charge in [0.25, 0.3) is 0 Å². The van der Waals surface area contributed by atoms with Gasteiger partial charge in [-0.3, -0.25) is 0 Å². The summed E-state index contributed by atoms with van der Waals surface area (Å²) in [5.41, 5.74) is 3.85. The van der Waals surface area contributed by atoms with Crippen LogP contribution in [0.5, 0.6) is 0 Å². The number of hydrogen-bond acceptors (Lipinski definition) is 2. The summed E-state index contributed by atoms with van der Waals surface area (Å²) < 4.78 is 2.07. The molecule has 16 heavy (non-hydrogen) atoms. The topological polar surface area (TPSA) is 29.9 Å². The first-order valence-electron chi connectivity index (χ1n) is 5.77. The third kappa shape index (κ3) is 1.63. The molecule has 1 aliphatic rings.